The van der Waals surface area contributed by atoms with Gasteiger partial charge in [-0.1, -0.05) is 5.16 Å². The molecule has 4 heterocycles. The van der Waals surface area contributed by atoms with E-state index in [4.69, 9.17) is 4.52 Å². The van der Waals surface area contributed by atoms with Crippen LogP contribution in [0.4, 0.5) is 0 Å². The Balaban J connectivity index is 1.24. The van der Waals surface area contributed by atoms with Gasteiger partial charge in [0, 0.05) is 55.3 Å². The molecular weight excluding hydrogens is 406 g/mol. The maximum Gasteiger partial charge on any atom is 0.282 e. The lowest BCUT2D eigenvalue weighted by molar-refractivity contribution is 0.0897. The van der Waals surface area contributed by atoms with Crippen LogP contribution in [-0.2, 0) is 10.2 Å². The molecule has 2 N–H and O–H groups in total. The fraction of sp³-hybridized carbons (Fsp3) is 0.800. The van der Waals surface area contributed by atoms with E-state index < -0.39 is 10.2 Å². The Morgan fingerprint density at radius 2 is 1.77 bits per heavy atom. The van der Waals surface area contributed by atoms with Crippen molar-refractivity contribution in [1.29, 1.82) is 0 Å². The molecule has 30 heavy (non-hydrogen) atoms. The van der Waals surface area contributed by atoms with Gasteiger partial charge in [0.15, 0.2) is 5.69 Å². The first-order chi connectivity index (χ1) is 14.3. The molecule has 5 atom stereocenters. The van der Waals surface area contributed by atoms with E-state index in [2.05, 4.69) is 15.8 Å². The number of piperidine rings is 1. The Bertz CT molecular complexity index is 890. The van der Waals surface area contributed by atoms with Crippen LogP contribution in [0.1, 0.15) is 74.5 Å². The number of nitrogens with zero attached hydrogens (tertiary/aromatic N) is 3. The zero-order valence-corrected chi connectivity index (χ0v) is 18.4. The zero-order chi connectivity index (χ0) is 21.0. The number of nitrogens with one attached hydrogen (secondary N) is 2. The van der Waals surface area contributed by atoms with Crippen LogP contribution in [0.5, 0.6) is 0 Å². The predicted molar refractivity (Wildman–Crippen MR) is 110 cm³/mol. The molecule has 3 aliphatic heterocycles. The van der Waals surface area contributed by atoms with Crippen molar-refractivity contribution in [3.63, 3.8) is 0 Å². The van der Waals surface area contributed by atoms with Crippen LogP contribution in [-0.4, -0.2) is 71.4 Å². The van der Waals surface area contributed by atoms with Crippen molar-refractivity contribution in [3.8, 4) is 0 Å². The number of fused-ring (bicyclic) bond motifs is 2. The largest absolute Gasteiger partial charge is 0.360 e. The highest BCUT2D eigenvalue weighted by Crippen LogP contribution is 2.41. The molecule has 2 bridgehead atoms. The molecular formula is C20H31N5O4S. The minimum absolute atomic E-state index is 0.0385. The van der Waals surface area contributed by atoms with Gasteiger partial charge >= 0.3 is 0 Å². The molecule has 0 spiro atoms. The van der Waals surface area contributed by atoms with Crippen LogP contribution >= 0.6 is 0 Å². The van der Waals surface area contributed by atoms with Gasteiger partial charge in [0.25, 0.3) is 16.1 Å². The SMILES string of the molecule is CC1CN(S(=O)(=O)N2[C@@H]3CC[C@H]2CC(NC(=O)c2cc(C4CC4)on2)C3)CC(C)N1. The normalized spacial score (nSPS) is 35.5. The summed E-state index contributed by atoms with van der Waals surface area (Å²) >= 11 is 0. The number of carbonyl (C=O) groups excluding carboxylic acids is 1. The van der Waals surface area contributed by atoms with Gasteiger partial charge in [-0.2, -0.15) is 17.0 Å². The molecule has 1 amide bonds. The molecule has 3 saturated heterocycles. The average Bonchev–Trinajstić information content (AvgIpc) is 3.33. The minimum Gasteiger partial charge on any atom is -0.360 e. The fourth-order valence-corrected chi connectivity index (χ4v) is 7.67. The van der Waals surface area contributed by atoms with Crippen LogP contribution in [0.15, 0.2) is 10.6 Å². The number of carbonyl (C=O) groups is 1. The molecule has 1 saturated carbocycles. The van der Waals surface area contributed by atoms with E-state index in [9.17, 15) is 13.2 Å². The number of aromatic nitrogens is 1. The van der Waals surface area contributed by atoms with E-state index in [1.807, 2.05) is 13.8 Å². The first-order valence-electron chi connectivity index (χ1n) is 11.1. The highest BCUT2D eigenvalue weighted by molar-refractivity contribution is 7.86. The van der Waals surface area contributed by atoms with Gasteiger partial charge in [-0.05, 0) is 52.4 Å². The van der Waals surface area contributed by atoms with E-state index >= 15 is 0 Å². The van der Waals surface area contributed by atoms with E-state index in [1.165, 1.54) is 0 Å². The van der Waals surface area contributed by atoms with E-state index in [1.54, 1.807) is 14.7 Å². The monoisotopic (exact) mass is 437 g/mol. The summed E-state index contributed by atoms with van der Waals surface area (Å²) in [5, 5.41) is 10.4. The molecule has 4 aliphatic rings. The fourth-order valence-electron chi connectivity index (χ4n) is 5.44. The molecule has 1 aromatic heterocycles. The topological polar surface area (TPSA) is 108 Å². The first kappa shape index (κ1) is 20.4. The van der Waals surface area contributed by atoms with Crippen molar-refractivity contribution in [2.75, 3.05) is 13.1 Å². The second kappa shape index (κ2) is 7.58. The molecule has 1 aromatic rings. The van der Waals surface area contributed by atoms with Crippen LogP contribution < -0.4 is 10.6 Å². The first-order valence-corrected chi connectivity index (χ1v) is 12.5. The van der Waals surface area contributed by atoms with Gasteiger partial charge in [-0.15, -0.1) is 0 Å². The molecule has 166 valence electrons. The summed E-state index contributed by atoms with van der Waals surface area (Å²) in [6, 6.07) is 1.87. The number of hydrogen-bond acceptors (Lipinski definition) is 6. The molecule has 4 fully saturated rings. The van der Waals surface area contributed by atoms with Crippen molar-refractivity contribution in [1.82, 2.24) is 24.4 Å². The third kappa shape index (κ3) is 3.79. The Labute approximate surface area is 177 Å². The van der Waals surface area contributed by atoms with Gasteiger partial charge in [0.1, 0.15) is 5.76 Å². The van der Waals surface area contributed by atoms with Gasteiger partial charge in [0.05, 0.1) is 0 Å². The smallest absolute Gasteiger partial charge is 0.282 e. The highest BCUT2D eigenvalue weighted by Gasteiger charge is 2.49. The minimum atomic E-state index is -3.50. The second-order valence-corrected chi connectivity index (χ2v) is 11.4. The quantitative estimate of drug-likeness (QED) is 0.717. The molecule has 5 rings (SSSR count). The number of rotatable bonds is 5. The van der Waals surface area contributed by atoms with Crippen molar-refractivity contribution < 1.29 is 17.7 Å². The van der Waals surface area contributed by atoms with Gasteiger partial charge in [0.2, 0.25) is 0 Å². The van der Waals surface area contributed by atoms with Gasteiger partial charge < -0.3 is 15.2 Å². The second-order valence-electron chi connectivity index (χ2n) is 9.54. The molecule has 0 radical (unpaired) electrons. The Morgan fingerprint density at radius 3 is 2.37 bits per heavy atom. The summed E-state index contributed by atoms with van der Waals surface area (Å²) in [5.41, 5.74) is 0.322. The van der Waals surface area contributed by atoms with Crippen molar-refractivity contribution in [2.45, 2.75) is 88.5 Å². The Hall–Kier alpha value is -1.49. The third-order valence-corrected chi connectivity index (χ3v) is 8.94. The molecule has 1 aliphatic carbocycles. The summed E-state index contributed by atoms with van der Waals surface area (Å²) in [5.74, 6) is 0.982. The molecule has 0 aromatic carbocycles. The Kier molecular flexibility index (Phi) is 5.16. The third-order valence-electron chi connectivity index (χ3n) is 6.86. The van der Waals surface area contributed by atoms with Crippen molar-refractivity contribution >= 4 is 16.1 Å². The average molecular weight is 438 g/mol. The van der Waals surface area contributed by atoms with Crippen LogP contribution in [0, 0.1) is 0 Å². The Morgan fingerprint density at radius 1 is 1.13 bits per heavy atom. The number of piperazine rings is 1. The van der Waals surface area contributed by atoms with Gasteiger partial charge in [-0.3, -0.25) is 4.79 Å². The lowest BCUT2D eigenvalue weighted by Crippen LogP contribution is -2.61. The molecule has 10 heteroatoms. The van der Waals surface area contributed by atoms with Crippen LogP contribution in [0.25, 0.3) is 0 Å². The molecule has 9 nitrogen and oxygen atoms in total. The lowest BCUT2D eigenvalue weighted by Gasteiger charge is -2.43. The van der Waals surface area contributed by atoms with E-state index in [0.29, 0.717) is 37.5 Å². The van der Waals surface area contributed by atoms with Crippen molar-refractivity contribution in [2.24, 2.45) is 0 Å². The predicted octanol–water partition coefficient (Wildman–Crippen LogP) is 1.20. The lowest BCUT2D eigenvalue weighted by atomic mass is 9.99. The summed E-state index contributed by atoms with van der Waals surface area (Å²) in [4.78, 5) is 12.6. The van der Waals surface area contributed by atoms with Crippen molar-refractivity contribution in [3.05, 3.63) is 17.5 Å². The summed E-state index contributed by atoms with van der Waals surface area (Å²) in [6.45, 7) is 5.04. The zero-order valence-electron chi connectivity index (χ0n) is 17.6. The number of hydrogen-bond donors (Lipinski definition) is 2. The molecule has 3 unspecified atom stereocenters. The highest BCUT2D eigenvalue weighted by atomic mass is 32.2. The number of amides is 1. The standard InChI is InChI=1S/C20H31N5O4S/c1-12-10-24(11-13(2)21-12)30(27,28)25-16-5-6-17(25)8-15(7-16)22-20(26)18-9-19(29-23-18)14-3-4-14/h9,12-17,21H,3-8,10-11H2,1-2H3,(H,22,26)/t12?,13?,15?,16-,17+. The van der Waals surface area contributed by atoms with Crippen LogP contribution in [0.3, 0.4) is 0 Å². The maximum atomic E-state index is 13.4. The van der Waals surface area contributed by atoms with E-state index in [-0.39, 0.29) is 36.1 Å². The van der Waals surface area contributed by atoms with Crippen LogP contribution in [0.2, 0.25) is 0 Å². The summed E-state index contributed by atoms with van der Waals surface area (Å²) < 4.78 is 35.5. The maximum absolute atomic E-state index is 13.4. The van der Waals surface area contributed by atoms with E-state index in [0.717, 1.165) is 31.4 Å². The van der Waals surface area contributed by atoms with Gasteiger partial charge in [-0.25, -0.2) is 0 Å². The summed E-state index contributed by atoms with van der Waals surface area (Å²) in [7, 11) is -3.50. The summed E-state index contributed by atoms with van der Waals surface area (Å²) in [6.07, 6.45) is 5.18.